The fourth-order valence-electron chi connectivity index (χ4n) is 3.87. The average molecular weight is 386 g/mol. The van der Waals surface area contributed by atoms with E-state index in [2.05, 4.69) is 10.3 Å². The summed E-state index contributed by atoms with van der Waals surface area (Å²) in [7, 11) is 0. The van der Waals surface area contributed by atoms with Crippen molar-refractivity contribution in [2.75, 3.05) is 32.8 Å². The number of H-pyrrole nitrogens is 1. The number of amides is 2. The first-order valence-electron chi connectivity index (χ1n) is 10.3. The number of hydrogen-bond donors (Lipinski definition) is 2. The monoisotopic (exact) mass is 385 g/mol. The fraction of sp³-hybridized carbons (Fsp3) is 0.545. The number of fused-ring (bicyclic) bond motifs is 1. The Morgan fingerprint density at radius 1 is 1.29 bits per heavy atom. The molecule has 1 aliphatic rings. The zero-order valence-electron chi connectivity index (χ0n) is 16.9. The number of rotatable bonds is 8. The molecule has 6 nitrogen and oxygen atoms in total. The van der Waals surface area contributed by atoms with E-state index in [0.29, 0.717) is 44.5 Å². The summed E-state index contributed by atoms with van der Waals surface area (Å²) in [6.45, 7) is 7.40. The second-order valence-electron chi connectivity index (χ2n) is 7.53. The number of carbonyl (C=O) groups is 2. The lowest BCUT2D eigenvalue weighted by atomic mass is 9.84. The Bertz CT molecular complexity index is 760. The number of carbonyl (C=O) groups excluding carboxylic acids is 2. The molecule has 2 N–H and O–H groups in total. The first kappa shape index (κ1) is 20.4. The Balaban J connectivity index is 1.46. The summed E-state index contributed by atoms with van der Waals surface area (Å²) in [6, 6.07) is 9.83. The van der Waals surface area contributed by atoms with E-state index in [1.165, 1.54) is 0 Å². The first-order chi connectivity index (χ1) is 13.6. The highest BCUT2D eigenvalue weighted by Crippen LogP contribution is 2.26. The van der Waals surface area contributed by atoms with E-state index < -0.39 is 0 Å². The van der Waals surface area contributed by atoms with Crippen LogP contribution in [0.5, 0.6) is 0 Å². The predicted molar refractivity (Wildman–Crippen MR) is 110 cm³/mol. The third kappa shape index (κ3) is 4.93. The standard InChI is InChI=1S/C22H31N3O3/c1-3-28-14-6-11-23-21(26)16(2)17-9-12-25(13-10-17)22(27)20-15-18-7-4-5-8-19(18)24-20/h4-5,7-8,15-17,24H,3,6,9-14H2,1-2H3,(H,23,26)/t16-/m1/s1. The van der Waals surface area contributed by atoms with Crippen LogP contribution in [-0.2, 0) is 9.53 Å². The number of likely N-dealkylation sites (tertiary alicyclic amines) is 1. The van der Waals surface area contributed by atoms with Crippen LogP contribution in [0.3, 0.4) is 0 Å². The molecule has 3 rings (SSSR count). The number of ether oxygens (including phenoxy) is 1. The summed E-state index contributed by atoms with van der Waals surface area (Å²) < 4.78 is 5.29. The van der Waals surface area contributed by atoms with Crippen molar-refractivity contribution in [1.82, 2.24) is 15.2 Å². The lowest BCUT2D eigenvalue weighted by molar-refractivity contribution is -0.126. The van der Waals surface area contributed by atoms with Crippen LogP contribution in [0.1, 0.15) is 43.6 Å². The maximum Gasteiger partial charge on any atom is 0.270 e. The van der Waals surface area contributed by atoms with Gasteiger partial charge in [0.05, 0.1) is 0 Å². The largest absolute Gasteiger partial charge is 0.382 e. The maximum absolute atomic E-state index is 12.8. The predicted octanol–water partition coefficient (Wildman–Crippen LogP) is 3.20. The lowest BCUT2D eigenvalue weighted by Gasteiger charge is -2.34. The number of aromatic nitrogens is 1. The second kappa shape index (κ2) is 9.73. The molecule has 0 aliphatic carbocycles. The number of piperidine rings is 1. The van der Waals surface area contributed by atoms with Gasteiger partial charge in [-0.05, 0) is 44.2 Å². The number of hydrogen-bond acceptors (Lipinski definition) is 3. The summed E-state index contributed by atoms with van der Waals surface area (Å²) in [4.78, 5) is 30.3. The Labute approximate surface area is 166 Å². The molecule has 1 fully saturated rings. The highest BCUT2D eigenvalue weighted by molar-refractivity contribution is 5.98. The molecule has 28 heavy (non-hydrogen) atoms. The van der Waals surface area contributed by atoms with Crippen LogP contribution < -0.4 is 5.32 Å². The van der Waals surface area contributed by atoms with Gasteiger partial charge in [0.15, 0.2) is 0 Å². The van der Waals surface area contributed by atoms with Crippen LogP contribution in [0, 0.1) is 11.8 Å². The SMILES string of the molecule is CCOCCCNC(=O)[C@H](C)C1CCN(C(=O)c2cc3ccccc3[nH]2)CC1. The van der Waals surface area contributed by atoms with Crippen LogP contribution >= 0.6 is 0 Å². The summed E-state index contributed by atoms with van der Waals surface area (Å²) in [6.07, 6.45) is 2.56. The third-order valence-electron chi connectivity index (χ3n) is 5.68. The number of benzene rings is 1. The Morgan fingerprint density at radius 3 is 2.75 bits per heavy atom. The number of aromatic amines is 1. The van der Waals surface area contributed by atoms with E-state index in [1.54, 1.807) is 0 Å². The van der Waals surface area contributed by atoms with Crippen LogP contribution in [0.2, 0.25) is 0 Å². The van der Waals surface area contributed by atoms with Crippen molar-refractivity contribution in [2.45, 2.75) is 33.1 Å². The normalized spacial score (nSPS) is 16.3. The third-order valence-corrected chi connectivity index (χ3v) is 5.68. The number of para-hydroxylation sites is 1. The van der Waals surface area contributed by atoms with Gasteiger partial charge in [-0.1, -0.05) is 25.1 Å². The topological polar surface area (TPSA) is 74.4 Å². The van der Waals surface area contributed by atoms with Crippen molar-refractivity contribution in [3.63, 3.8) is 0 Å². The molecule has 1 aromatic heterocycles. The van der Waals surface area contributed by atoms with Crippen LogP contribution in [-0.4, -0.2) is 54.5 Å². The van der Waals surface area contributed by atoms with Crippen molar-refractivity contribution in [2.24, 2.45) is 11.8 Å². The molecule has 0 bridgehead atoms. The first-order valence-corrected chi connectivity index (χ1v) is 10.3. The molecule has 2 amide bonds. The average Bonchev–Trinajstić information content (AvgIpc) is 3.17. The van der Waals surface area contributed by atoms with Crippen molar-refractivity contribution in [3.05, 3.63) is 36.0 Å². The molecule has 0 saturated carbocycles. The van der Waals surface area contributed by atoms with Gasteiger partial charge in [-0.15, -0.1) is 0 Å². The molecule has 1 aromatic carbocycles. The maximum atomic E-state index is 12.8. The Hall–Kier alpha value is -2.34. The molecule has 152 valence electrons. The highest BCUT2D eigenvalue weighted by atomic mass is 16.5. The van der Waals surface area contributed by atoms with Gasteiger partial charge in [0.1, 0.15) is 5.69 Å². The van der Waals surface area contributed by atoms with Crippen molar-refractivity contribution in [3.8, 4) is 0 Å². The molecule has 1 saturated heterocycles. The molecule has 1 aliphatic heterocycles. The molecule has 0 spiro atoms. The van der Waals surface area contributed by atoms with Gasteiger partial charge >= 0.3 is 0 Å². The Kier molecular flexibility index (Phi) is 7.09. The molecular weight excluding hydrogens is 354 g/mol. The van der Waals surface area contributed by atoms with Crippen LogP contribution in [0.4, 0.5) is 0 Å². The number of nitrogens with zero attached hydrogens (tertiary/aromatic N) is 1. The smallest absolute Gasteiger partial charge is 0.270 e. The minimum absolute atomic E-state index is 0.0302. The summed E-state index contributed by atoms with van der Waals surface area (Å²) in [5.41, 5.74) is 1.62. The zero-order valence-corrected chi connectivity index (χ0v) is 16.9. The van der Waals surface area contributed by atoms with Crippen molar-refractivity contribution >= 4 is 22.7 Å². The highest BCUT2D eigenvalue weighted by Gasteiger charge is 2.30. The quantitative estimate of drug-likeness (QED) is 0.685. The van der Waals surface area contributed by atoms with Crippen molar-refractivity contribution < 1.29 is 14.3 Å². The van der Waals surface area contributed by atoms with E-state index in [1.807, 2.05) is 49.1 Å². The molecular formula is C22H31N3O3. The van der Waals surface area contributed by atoms with E-state index in [-0.39, 0.29) is 17.7 Å². The van der Waals surface area contributed by atoms with Crippen LogP contribution in [0.25, 0.3) is 10.9 Å². The molecule has 0 radical (unpaired) electrons. The van der Waals surface area contributed by atoms with E-state index in [4.69, 9.17) is 4.74 Å². The number of nitrogens with one attached hydrogen (secondary N) is 2. The summed E-state index contributed by atoms with van der Waals surface area (Å²) in [5, 5.41) is 4.06. The Morgan fingerprint density at radius 2 is 2.04 bits per heavy atom. The molecule has 2 aromatic rings. The van der Waals surface area contributed by atoms with E-state index >= 15 is 0 Å². The van der Waals surface area contributed by atoms with Gasteiger partial charge in [-0.2, -0.15) is 0 Å². The summed E-state index contributed by atoms with van der Waals surface area (Å²) >= 11 is 0. The van der Waals surface area contributed by atoms with E-state index in [0.717, 1.165) is 30.2 Å². The van der Waals surface area contributed by atoms with Gasteiger partial charge in [0.2, 0.25) is 5.91 Å². The minimum Gasteiger partial charge on any atom is -0.382 e. The van der Waals surface area contributed by atoms with Crippen molar-refractivity contribution in [1.29, 1.82) is 0 Å². The zero-order chi connectivity index (χ0) is 19.9. The second-order valence-corrected chi connectivity index (χ2v) is 7.53. The van der Waals surface area contributed by atoms with Gasteiger partial charge in [0.25, 0.3) is 5.91 Å². The molecule has 6 heteroatoms. The van der Waals surface area contributed by atoms with Crippen LogP contribution in [0.15, 0.2) is 30.3 Å². The summed E-state index contributed by atoms with van der Waals surface area (Å²) in [5.74, 6) is 0.440. The molecule has 2 heterocycles. The van der Waals surface area contributed by atoms with Gasteiger partial charge in [-0.25, -0.2) is 0 Å². The van der Waals surface area contributed by atoms with Gasteiger partial charge in [-0.3, -0.25) is 9.59 Å². The van der Waals surface area contributed by atoms with Gasteiger partial charge in [0, 0.05) is 49.7 Å². The minimum atomic E-state index is -0.0302. The molecule has 0 unspecified atom stereocenters. The van der Waals surface area contributed by atoms with E-state index in [9.17, 15) is 9.59 Å². The lowest BCUT2D eigenvalue weighted by Crippen LogP contribution is -2.43. The molecule has 1 atom stereocenters. The fourth-order valence-corrected chi connectivity index (χ4v) is 3.87. The van der Waals surface area contributed by atoms with Gasteiger partial charge < -0.3 is 19.9 Å².